The number of nitrogens with one attached hydrogen (secondary N) is 1. The number of benzene rings is 1. The van der Waals surface area contributed by atoms with Gasteiger partial charge in [0.25, 0.3) is 10.2 Å². The highest BCUT2D eigenvalue weighted by atomic mass is 32.2. The maximum atomic E-state index is 12.6. The van der Waals surface area contributed by atoms with Crippen molar-refractivity contribution in [3.63, 3.8) is 0 Å². The molecule has 28 heavy (non-hydrogen) atoms. The minimum Gasteiger partial charge on any atom is -0.439 e. The summed E-state index contributed by atoms with van der Waals surface area (Å²) < 4.78 is 40.7. The maximum Gasteiger partial charge on any atom is 0.279 e. The Balaban J connectivity index is 1.65. The van der Waals surface area contributed by atoms with Gasteiger partial charge in [0.2, 0.25) is 5.88 Å². The van der Waals surface area contributed by atoms with Crippen LogP contribution < -0.4 is 9.46 Å². The highest BCUT2D eigenvalue weighted by molar-refractivity contribution is 7.87. The third kappa shape index (κ3) is 5.29. The molecule has 1 aromatic heterocycles. The van der Waals surface area contributed by atoms with E-state index in [1.165, 1.54) is 9.87 Å². The third-order valence-corrected chi connectivity index (χ3v) is 6.17. The van der Waals surface area contributed by atoms with E-state index in [0.29, 0.717) is 24.7 Å². The average Bonchev–Trinajstić information content (AvgIpc) is 2.63. The first-order valence-corrected chi connectivity index (χ1v) is 10.8. The number of nitrogens with zero attached hydrogens (tertiary/aromatic N) is 2. The minimum absolute atomic E-state index is 0.126. The summed E-state index contributed by atoms with van der Waals surface area (Å²) in [7, 11) is -3.59. The Hall–Kier alpha value is -2.00. The molecule has 1 saturated heterocycles. The van der Waals surface area contributed by atoms with Gasteiger partial charge in [0.15, 0.2) is 0 Å². The molecule has 7 nitrogen and oxygen atoms in total. The summed E-state index contributed by atoms with van der Waals surface area (Å²) in [5, 5.41) is 0. The molecule has 8 heteroatoms. The van der Waals surface area contributed by atoms with E-state index >= 15 is 0 Å². The number of hydrogen-bond acceptors (Lipinski definition) is 5. The molecule has 2 aromatic rings. The quantitative estimate of drug-likeness (QED) is 0.799. The average molecular weight is 406 g/mol. The van der Waals surface area contributed by atoms with Crippen LogP contribution in [0.3, 0.4) is 0 Å². The van der Waals surface area contributed by atoms with Gasteiger partial charge in [-0.3, -0.25) is 0 Å². The van der Waals surface area contributed by atoms with Crippen molar-refractivity contribution in [3.05, 3.63) is 53.2 Å². The van der Waals surface area contributed by atoms with Gasteiger partial charge in [-0.2, -0.15) is 17.4 Å². The van der Waals surface area contributed by atoms with E-state index in [1.54, 1.807) is 18.3 Å². The fraction of sp³-hybridized carbons (Fsp3) is 0.450. The van der Waals surface area contributed by atoms with E-state index in [0.717, 1.165) is 11.1 Å². The molecule has 3 rings (SSSR count). The largest absolute Gasteiger partial charge is 0.439 e. The van der Waals surface area contributed by atoms with Gasteiger partial charge in [-0.15, -0.1) is 0 Å². The van der Waals surface area contributed by atoms with Crippen LogP contribution in [0, 0.1) is 13.8 Å². The first kappa shape index (κ1) is 20.7. The second kappa shape index (κ2) is 8.57. The zero-order valence-electron chi connectivity index (χ0n) is 16.7. The summed E-state index contributed by atoms with van der Waals surface area (Å²) in [4.78, 5) is 4.21. The summed E-state index contributed by atoms with van der Waals surface area (Å²) in [6, 6.07) is 9.34. The molecule has 0 spiro atoms. The van der Waals surface area contributed by atoms with Crippen molar-refractivity contribution in [3.8, 4) is 11.6 Å². The molecule has 2 atom stereocenters. The molecular formula is C20H27N3O4S. The monoisotopic (exact) mass is 405 g/mol. The molecule has 1 aliphatic heterocycles. The SMILES string of the molecule is Cc1ccc(Oc2cc(CNS(=O)(=O)N3C[C@@H](C)O[C@@H](C)C3)ccn2)cc1C. The minimum atomic E-state index is -3.59. The molecule has 2 heterocycles. The molecule has 0 aliphatic carbocycles. The Bertz CT molecular complexity index is 923. The fourth-order valence-corrected chi connectivity index (χ4v) is 4.45. The molecule has 1 aromatic carbocycles. The van der Waals surface area contributed by atoms with Crippen LogP contribution in [0.2, 0.25) is 0 Å². The maximum absolute atomic E-state index is 12.6. The summed E-state index contributed by atoms with van der Waals surface area (Å²) in [5.74, 6) is 1.12. The molecule has 0 amide bonds. The van der Waals surface area contributed by atoms with Gasteiger partial charge in [0, 0.05) is 31.9 Å². The first-order chi connectivity index (χ1) is 13.2. The third-order valence-electron chi connectivity index (χ3n) is 4.68. The molecule has 1 fully saturated rings. The van der Waals surface area contributed by atoms with Gasteiger partial charge in [-0.05, 0) is 62.6 Å². The standard InChI is InChI=1S/C20H27N3O4S/c1-14-5-6-19(9-15(14)2)27-20-10-18(7-8-21-20)11-22-28(24,25)23-12-16(3)26-17(4)13-23/h5-10,16-17,22H,11-13H2,1-4H3/t16-,17+. The predicted molar refractivity (Wildman–Crippen MR) is 108 cm³/mol. The summed E-state index contributed by atoms with van der Waals surface area (Å²) in [6.45, 7) is 8.66. The van der Waals surface area contributed by atoms with Crippen molar-refractivity contribution in [2.24, 2.45) is 0 Å². The Labute approximate surface area is 166 Å². The number of aromatic nitrogens is 1. The molecule has 1 aliphatic rings. The summed E-state index contributed by atoms with van der Waals surface area (Å²) in [6.07, 6.45) is 1.36. The summed E-state index contributed by atoms with van der Waals surface area (Å²) >= 11 is 0. The number of hydrogen-bond donors (Lipinski definition) is 1. The Morgan fingerprint density at radius 2 is 1.86 bits per heavy atom. The van der Waals surface area contributed by atoms with Crippen LogP contribution in [-0.4, -0.2) is 43.0 Å². The smallest absolute Gasteiger partial charge is 0.279 e. The van der Waals surface area contributed by atoms with Crippen LogP contribution >= 0.6 is 0 Å². The highest BCUT2D eigenvalue weighted by Gasteiger charge is 2.30. The Morgan fingerprint density at radius 1 is 1.14 bits per heavy atom. The lowest BCUT2D eigenvalue weighted by atomic mass is 10.1. The van der Waals surface area contributed by atoms with Crippen molar-refractivity contribution >= 4 is 10.2 Å². The highest BCUT2D eigenvalue weighted by Crippen LogP contribution is 2.23. The van der Waals surface area contributed by atoms with Crippen LogP contribution in [0.4, 0.5) is 0 Å². The molecule has 152 valence electrons. The Morgan fingerprint density at radius 3 is 2.54 bits per heavy atom. The molecule has 1 N–H and O–H groups in total. The van der Waals surface area contributed by atoms with Gasteiger partial charge < -0.3 is 9.47 Å². The zero-order chi connectivity index (χ0) is 20.3. The molecular weight excluding hydrogens is 378 g/mol. The van der Waals surface area contributed by atoms with Crippen LogP contribution in [0.5, 0.6) is 11.6 Å². The van der Waals surface area contributed by atoms with Crippen molar-refractivity contribution < 1.29 is 17.9 Å². The van der Waals surface area contributed by atoms with Gasteiger partial charge in [0.05, 0.1) is 12.2 Å². The van der Waals surface area contributed by atoms with Crippen LogP contribution in [0.25, 0.3) is 0 Å². The van der Waals surface area contributed by atoms with E-state index in [4.69, 9.17) is 9.47 Å². The lowest BCUT2D eigenvalue weighted by Crippen LogP contribution is -2.51. The van der Waals surface area contributed by atoms with Gasteiger partial charge in [-0.25, -0.2) is 4.98 Å². The Kier molecular flexibility index (Phi) is 6.34. The van der Waals surface area contributed by atoms with E-state index in [-0.39, 0.29) is 18.8 Å². The van der Waals surface area contributed by atoms with Gasteiger partial charge in [-0.1, -0.05) is 6.07 Å². The molecule has 0 bridgehead atoms. The lowest BCUT2D eigenvalue weighted by Gasteiger charge is -2.34. The van der Waals surface area contributed by atoms with Crippen molar-refractivity contribution in [1.82, 2.24) is 14.0 Å². The lowest BCUT2D eigenvalue weighted by molar-refractivity contribution is -0.0444. The number of morpholine rings is 1. The van der Waals surface area contributed by atoms with Crippen molar-refractivity contribution in [1.29, 1.82) is 0 Å². The molecule has 0 radical (unpaired) electrons. The zero-order valence-corrected chi connectivity index (χ0v) is 17.5. The first-order valence-electron chi connectivity index (χ1n) is 9.33. The van der Waals surface area contributed by atoms with Gasteiger partial charge in [0.1, 0.15) is 5.75 Å². The van der Waals surface area contributed by atoms with Crippen molar-refractivity contribution in [2.75, 3.05) is 13.1 Å². The van der Waals surface area contributed by atoms with Gasteiger partial charge >= 0.3 is 0 Å². The predicted octanol–water partition coefficient (Wildman–Crippen LogP) is 2.93. The fourth-order valence-electron chi connectivity index (χ4n) is 3.11. The van der Waals surface area contributed by atoms with E-state index < -0.39 is 10.2 Å². The van der Waals surface area contributed by atoms with Crippen LogP contribution in [-0.2, 0) is 21.5 Å². The number of ether oxygens (including phenoxy) is 2. The van der Waals surface area contributed by atoms with E-state index in [2.05, 4.69) is 9.71 Å². The normalized spacial score (nSPS) is 20.9. The summed E-state index contributed by atoms with van der Waals surface area (Å²) in [5.41, 5.74) is 3.09. The topological polar surface area (TPSA) is 80.8 Å². The number of aryl methyl sites for hydroxylation is 2. The number of pyridine rings is 1. The van der Waals surface area contributed by atoms with Crippen LogP contribution in [0.15, 0.2) is 36.5 Å². The van der Waals surface area contributed by atoms with E-state index in [9.17, 15) is 8.42 Å². The second-order valence-corrected chi connectivity index (χ2v) is 9.01. The second-order valence-electron chi connectivity index (χ2n) is 7.25. The molecule has 0 saturated carbocycles. The van der Waals surface area contributed by atoms with E-state index in [1.807, 2.05) is 45.9 Å². The van der Waals surface area contributed by atoms with Crippen molar-refractivity contribution in [2.45, 2.75) is 46.4 Å². The molecule has 0 unspecified atom stereocenters. The number of rotatable bonds is 6. The van der Waals surface area contributed by atoms with Crippen LogP contribution in [0.1, 0.15) is 30.5 Å².